The van der Waals surface area contributed by atoms with E-state index < -0.39 is 5.41 Å². The highest BCUT2D eigenvalue weighted by Gasteiger charge is 2.52. The Bertz CT molecular complexity index is 3490. The second-order valence-electron chi connectivity index (χ2n) is 16.3. The van der Waals surface area contributed by atoms with Crippen LogP contribution in [0.2, 0.25) is 0 Å². The van der Waals surface area contributed by atoms with Gasteiger partial charge in [-0.15, -0.1) is 0 Å². The zero-order chi connectivity index (χ0) is 40.1. The van der Waals surface area contributed by atoms with Crippen LogP contribution in [0.15, 0.2) is 229 Å². The normalized spacial score (nSPS) is 13.0. The highest BCUT2D eigenvalue weighted by atomic mass is 16.3. The van der Waals surface area contributed by atoms with Gasteiger partial charge in [-0.3, -0.25) is 0 Å². The molecule has 284 valence electrons. The first kappa shape index (κ1) is 34.0. The summed E-state index contributed by atoms with van der Waals surface area (Å²) >= 11 is 0. The second kappa shape index (κ2) is 13.0. The minimum Gasteiger partial charge on any atom is -0.455 e. The van der Waals surface area contributed by atoms with Crippen LogP contribution in [0.5, 0.6) is 0 Å². The van der Waals surface area contributed by atoms with Gasteiger partial charge in [0.25, 0.3) is 0 Å². The van der Waals surface area contributed by atoms with E-state index >= 15 is 0 Å². The Morgan fingerprint density at radius 1 is 0.344 bits per heavy atom. The van der Waals surface area contributed by atoms with Crippen LogP contribution in [-0.2, 0) is 5.41 Å². The molecule has 0 N–H and O–H groups in total. The number of anilines is 3. The van der Waals surface area contributed by atoms with Gasteiger partial charge in [-0.05, 0) is 103 Å². The summed E-state index contributed by atoms with van der Waals surface area (Å²) in [7, 11) is 0. The summed E-state index contributed by atoms with van der Waals surface area (Å²) in [5, 5.41) is 4.56. The Morgan fingerprint density at radius 2 is 0.902 bits per heavy atom. The van der Waals surface area contributed by atoms with Gasteiger partial charge < -0.3 is 9.32 Å². The molecule has 0 bridgehead atoms. The van der Waals surface area contributed by atoms with Gasteiger partial charge in [0.15, 0.2) is 0 Å². The van der Waals surface area contributed by atoms with Gasteiger partial charge >= 0.3 is 0 Å². The minimum atomic E-state index is -0.450. The lowest BCUT2D eigenvalue weighted by Crippen LogP contribution is -2.26. The third-order valence-electron chi connectivity index (χ3n) is 13.3. The van der Waals surface area contributed by atoms with Crippen LogP contribution in [-0.4, -0.2) is 0 Å². The molecule has 13 rings (SSSR count). The first-order valence-electron chi connectivity index (χ1n) is 21.1. The van der Waals surface area contributed by atoms with Crippen LogP contribution >= 0.6 is 0 Å². The molecule has 1 aromatic heterocycles. The summed E-state index contributed by atoms with van der Waals surface area (Å²) in [5.74, 6) is 0. The van der Waals surface area contributed by atoms with E-state index in [0.29, 0.717) is 0 Å². The van der Waals surface area contributed by atoms with E-state index in [9.17, 15) is 0 Å². The largest absolute Gasteiger partial charge is 0.455 e. The second-order valence-corrected chi connectivity index (χ2v) is 16.3. The van der Waals surface area contributed by atoms with Gasteiger partial charge in [0.1, 0.15) is 11.2 Å². The molecule has 1 spiro atoms. The monoisotopic (exact) mass is 775 g/mol. The number of fused-ring (bicyclic) bond motifs is 15. The van der Waals surface area contributed by atoms with Crippen LogP contribution in [0.1, 0.15) is 22.3 Å². The van der Waals surface area contributed by atoms with Gasteiger partial charge in [0, 0.05) is 33.0 Å². The predicted molar refractivity (Wildman–Crippen MR) is 253 cm³/mol. The Morgan fingerprint density at radius 3 is 1.67 bits per heavy atom. The summed E-state index contributed by atoms with van der Waals surface area (Å²) in [4.78, 5) is 2.49. The van der Waals surface area contributed by atoms with Crippen LogP contribution in [0.4, 0.5) is 17.1 Å². The molecule has 0 saturated carbocycles. The van der Waals surface area contributed by atoms with E-state index in [-0.39, 0.29) is 0 Å². The van der Waals surface area contributed by atoms with E-state index in [1.807, 2.05) is 0 Å². The summed E-state index contributed by atoms with van der Waals surface area (Å²) < 4.78 is 6.75. The first-order chi connectivity index (χ1) is 30.3. The van der Waals surface area contributed by atoms with E-state index in [0.717, 1.165) is 55.5 Å². The summed E-state index contributed by atoms with van der Waals surface area (Å²) in [6.07, 6.45) is 0. The van der Waals surface area contributed by atoms with Crippen LogP contribution in [0.25, 0.3) is 77.2 Å². The van der Waals surface area contributed by atoms with E-state index in [4.69, 9.17) is 4.42 Å². The maximum atomic E-state index is 6.75. The molecule has 2 nitrogen and oxygen atoms in total. The van der Waals surface area contributed by atoms with Gasteiger partial charge in [-0.25, -0.2) is 0 Å². The van der Waals surface area contributed by atoms with Gasteiger partial charge in [0.2, 0.25) is 0 Å². The molecule has 0 aliphatic heterocycles. The maximum absolute atomic E-state index is 6.75. The average Bonchev–Trinajstić information content (AvgIpc) is 3.97. The molecule has 0 fully saturated rings. The maximum Gasteiger partial charge on any atom is 0.143 e. The lowest BCUT2D eigenvalue weighted by molar-refractivity contribution is 0.673. The topological polar surface area (TPSA) is 16.4 Å². The molecule has 0 radical (unpaired) electrons. The zero-order valence-corrected chi connectivity index (χ0v) is 33.2. The van der Waals surface area contributed by atoms with Crippen LogP contribution < -0.4 is 4.90 Å². The number of hydrogen-bond donors (Lipinski definition) is 0. The predicted octanol–water partition coefficient (Wildman–Crippen LogP) is 15.9. The van der Waals surface area contributed by atoms with Crippen molar-refractivity contribution in [1.82, 2.24) is 0 Å². The fourth-order valence-corrected chi connectivity index (χ4v) is 10.7. The summed E-state index contributed by atoms with van der Waals surface area (Å²) in [6.45, 7) is 0. The molecule has 0 amide bonds. The van der Waals surface area contributed by atoms with Crippen molar-refractivity contribution >= 4 is 49.8 Å². The van der Waals surface area contributed by atoms with E-state index in [1.165, 1.54) is 61.0 Å². The number of furan rings is 1. The third kappa shape index (κ3) is 4.79. The first-order valence-corrected chi connectivity index (χ1v) is 21.1. The third-order valence-corrected chi connectivity index (χ3v) is 13.3. The Kier molecular flexibility index (Phi) is 7.26. The number of nitrogens with zero attached hydrogens (tertiary/aromatic N) is 1. The number of hydrogen-bond acceptors (Lipinski definition) is 2. The van der Waals surface area contributed by atoms with Crippen molar-refractivity contribution in [3.63, 3.8) is 0 Å². The van der Waals surface area contributed by atoms with Crippen molar-refractivity contribution in [3.8, 4) is 44.5 Å². The van der Waals surface area contributed by atoms with Crippen molar-refractivity contribution in [2.24, 2.45) is 0 Å². The SMILES string of the molecule is c1ccc(-c2ccc(N(c3ccccc3-c3ccc4c(c3)oc3c5ccccc5ccc43)c3cccc4c3-c3ccccc3C43c4ccccc4-c4ccccc43)cc2)cc1. The quantitative estimate of drug-likeness (QED) is 0.173. The number of benzene rings is 10. The molecule has 10 aromatic carbocycles. The minimum absolute atomic E-state index is 0.450. The van der Waals surface area contributed by atoms with Gasteiger partial charge in [-0.2, -0.15) is 0 Å². The smallest absolute Gasteiger partial charge is 0.143 e. The van der Waals surface area contributed by atoms with Crippen molar-refractivity contribution in [1.29, 1.82) is 0 Å². The Labute approximate surface area is 354 Å². The van der Waals surface area contributed by atoms with Crippen molar-refractivity contribution in [3.05, 3.63) is 247 Å². The fraction of sp³-hybridized carbons (Fsp3) is 0.0169. The van der Waals surface area contributed by atoms with Crippen molar-refractivity contribution in [2.75, 3.05) is 4.90 Å². The highest BCUT2D eigenvalue weighted by Crippen LogP contribution is 2.64. The molecular formula is C59H37NO. The van der Waals surface area contributed by atoms with Crippen LogP contribution in [0, 0.1) is 0 Å². The molecule has 2 heteroatoms. The molecule has 0 unspecified atom stereocenters. The van der Waals surface area contributed by atoms with E-state index in [2.05, 4.69) is 229 Å². The molecule has 0 atom stereocenters. The summed E-state index contributed by atoms with van der Waals surface area (Å²) in [5.41, 5.74) is 19.7. The van der Waals surface area contributed by atoms with Gasteiger partial charge in [0.05, 0.1) is 16.8 Å². The average molecular weight is 776 g/mol. The molecule has 0 saturated heterocycles. The van der Waals surface area contributed by atoms with Gasteiger partial charge in [-0.1, -0.05) is 182 Å². The molecule has 2 aliphatic carbocycles. The summed E-state index contributed by atoms with van der Waals surface area (Å²) in [6, 6.07) is 82.2. The fourth-order valence-electron chi connectivity index (χ4n) is 10.7. The molecular weight excluding hydrogens is 739 g/mol. The Hall–Kier alpha value is -7.94. The van der Waals surface area contributed by atoms with Crippen molar-refractivity contribution < 1.29 is 4.42 Å². The van der Waals surface area contributed by atoms with Crippen LogP contribution in [0.3, 0.4) is 0 Å². The van der Waals surface area contributed by atoms with E-state index in [1.54, 1.807) is 0 Å². The number of rotatable bonds is 5. The zero-order valence-electron chi connectivity index (χ0n) is 33.2. The number of para-hydroxylation sites is 1. The molecule has 61 heavy (non-hydrogen) atoms. The highest BCUT2D eigenvalue weighted by molar-refractivity contribution is 6.15. The lowest BCUT2D eigenvalue weighted by atomic mass is 9.70. The molecule has 11 aromatic rings. The van der Waals surface area contributed by atoms with Crippen molar-refractivity contribution in [2.45, 2.75) is 5.41 Å². The lowest BCUT2D eigenvalue weighted by Gasteiger charge is -2.32. The Balaban J connectivity index is 1.06. The molecule has 2 aliphatic rings. The molecule has 1 heterocycles. The standard InChI is InChI=1S/C59H37NO/c1-2-15-38(16-3-1)39-29-33-42(34-30-39)60(54-27-13-9-18-43(54)41-32-35-47-48-36-31-40-17-4-5-19-44(40)58(48)61-56(47)37-41)55-28-14-26-53-57(55)49-22-8-12-25-52(49)59(53)50-23-10-6-20-45(50)46-21-7-11-24-51(46)59/h1-37H.